The van der Waals surface area contributed by atoms with Gasteiger partial charge in [0, 0.05) is 0 Å². The van der Waals surface area contributed by atoms with E-state index in [0.717, 1.165) is 0 Å². The number of rotatable bonds is 6. The number of hydrogen-bond acceptors (Lipinski definition) is 0. The first-order chi connectivity index (χ1) is 5.06. The Kier molecular flexibility index (Phi) is 5.87. The van der Waals surface area contributed by atoms with E-state index in [1.807, 2.05) is 0 Å². The Balaban J connectivity index is 3.02. The molecule has 0 atom stereocenters. The Labute approximate surface area is 72.5 Å². The molecular weight excluding hydrogens is 150 g/mol. The lowest BCUT2D eigenvalue weighted by atomic mass is 10.2. The topological polar surface area (TPSA) is 23.8 Å². The van der Waals surface area contributed by atoms with Crippen LogP contribution in [0, 0.1) is 0 Å². The molecule has 0 aliphatic rings. The van der Waals surface area contributed by atoms with Crippen LogP contribution >= 0.6 is 0 Å². The minimum Gasteiger partial charge on any atom is -0.285 e. The molecule has 0 amide bonds. The van der Waals surface area contributed by atoms with Gasteiger partial charge in [-0.05, 0) is 6.04 Å². The lowest BCUT2D eigenvalue weighted by Gasteiger charge is -2.12. The zero-order valence-corrected chi connectivity index (χ0v) is 9.24. The van der Waals surface area contributed by atoms with Crippen molar-refractivity contribution in [1.82, 2.24) is 5.40 Å². The van der Waals surface area contributed by atoms with E-state index in [0.29, 0.717) is 0 Å². The van der Waals surface area contributed by atoms with Gasteiger partial charge >= 0.3 is 0 Å². The lowest BCUT2D eigenvalue weighted by molar-refractivity contribution is 0.652. The molecule has 0 aromatic heterocycles. The molecule has 0 unspecified atom stereocenters. The van der Waals surface area contributed by atoms with Crippen molar-refractivity contribution in [2.24, 2.45) is 0 Å². The summed E-state index contributed by atoms with van der Waals surface area (Å²) in [5, 5.41) is 7.75. The highest BCUT2D eigenvalue weighted by Gasteiger charge is 2.13. The first-order valence-electron chi connectivity index (χ1n) is 4.81. The van der Waals surface area contributed by atoms with Crippen LogP contribution in [0.25, 0.3) is 0 Å². The fourth-order valence-corrected chi connectivity index (χ4v) is 2.30. The molecule has 2 heteroatoms. The van der Waals surface area contributed by atoms with Crippen molar-refractivity contribution in [3.63, 3.8) is 0 Å². The standard InChI is InChI=1S/C9H22NSi/c1-4-5-6-7-8-9-11(2,3)10/h10H,4-9H2,1-3H3. The predicted molar refractivity (Wildman–Crippen MR) is 54.1 cm³/mol. The Hall–Kier alpha value is 0.177. The van der Waals surface area contributed by atoms with Crippen molar-refractivity contribution in [2.45, 2.75) is 58.2 Å². The molecule has 0 saturated heterocycles. The highest BCUT2D eigenvalue weighted by atomic mass is 28.3. The summed E-state index contributed by atoms with van der Waals surface area (Å²) in [5.74, 6) is 0. The zero-order chi connectivity index (χ0) is 8.74. The summed E-state index contributed by atoms with van der Waals surface area (Å²) in [5.41, 5.74) is 0. The largest absolute Gasteiger partial charge is 0.285 e. The fraction of sp³-hybridized carbons (Fsp3) is 1.00. The SMILES string of the molecule is CCCCCCC[Si](C)(C)[NH]. The average Bonchev–Trinajstić information content (AvgIpc) is 1.85. The Bertz CT molecular complexity index is 86.1. The van der Waals surface area contributed by atoms with Crippen LogP contribution in [0.15, 0.2) is 0 Å². The van der Waals surface area contributed by atoms with Crippen molar-refractivity contribution in [1.29, 1.82) is 0 Å². The van der Waals surface area contributed by atoms with Crippen molar-refractivity contribution in [3.8, 4) is 0 Å². The molecule has 0 saturated carbocycles. The summed E-state index contributed by atoms with van der Waals surface area (Å²) in [6.45, 7) is 6.50. The summed E-state index contributed by atoms with van der Waals surface area (Å²) >= 11 is 0. The number of nitrogens with one attached hydrogen (secondary N) is 1. The molecule has 0 heterocycles. The van der Waals surface area contributed by atoms with Crippen molar-refractivity contribution >= 4 is 8.24 Å². The van der Waals surface area contributed by atoms with Gasteiger partial charge in [-0.3, -0.25) is 5.40 Å². The van der Waals surface area contributed by atoms with Gasteiger partial charge in [0.05, 0.1) is 0 Å². The Morgan fingerprint density at radius 2 is 1.55 bits per heavy atom. The Morgan fingerprint density at radius 1 is 1.00 bits per heavy atom. The smallest absolute Gasteiger partial charge is 0.134 e. The van der Waals surface area contributed by atoms with E-state index < -0.39 is 8.24 Å². The highest BCUT2D eigenvalue weighted by Crippen LogP contribution is 2.11. The molecule has 0 aliphatic carbocycles. The molecule has 0 aromatic carbocycles. The van der Waals surface area contributed by atoms with Gasteiger partial charge in [0.15, 0.2) is 0 Å². The van der Waals surface area contributed by atoms with E-state index in [1.54, 1.807) is 0 Å². The summed E-state index contributed by atoms with van der Waals surface area (Å²) in [6.07, 6.45) is 6.72. The van der Waals surface area contributed by atoms with Crippen molar-refractivity contribution in [3.05, 3.63) is 0 Å². The molecule has 11 heavy (non-hydrogen) atoms. The van der Waals surface area contributed by atoms with Gasteiger partial charge in [0.2, 0.25) is 0 Å². The first kappa shape index (κ1) is 11.2. The maximum atomic E-state index is 7.75. The van der Waals surface area contributed by atoms with Gasteiger partial charge in [-0.25, -0.2) is 0 Å². The number of hydrogen-bond donors (Lipinski definition) is 0. The average molecular weight is 172 g/mol. The number of unbranched alkanes of at least 4 members (excludes halogenated alkanes) is 4. The van der Waals surface area contributed by atoms with Crippen LogP contribution in [0.1, 0.15) is 39.0 Å². The van der Waals surface area contributed by atoms with Crippen LogP contribution < -0.4 is 5.40 Å². The van der Waals surface area contributed by atoms with E-state index in [-0.39, 0.29) is 0 Å². The van der Waals surface area contributed by atoms with E-state index in [1.165, 1.54) is 38.1 Å². The summed E-state index contributed by atoms with van der Waals surface area (Å²) < 4.78 is 0. The molecule has 0 aliphatic heterocycles. The van der Waals surface area contributed by atoms with Gasteiger partial charge in [0.1, 0.15) is 8.24 Å². The maximum Gasteiger partial charge on any atom is 0.134 e. The van der Waals surface area contributed by atoms with Crippen LogP contribution in [0.2, 0.25) is 19.1 Å². The monoisotopic (exact) mass is 172 g/mol. The molecule has 0 aromatic rings. The molecule has 1 nitrogen and oxygen atoms in total. The van der Waals surface area contributed by atoms with Crippen molar-refractivity contribution in [2.75, 3.05) is 0 Å². The third-order valence-electron chi connectivity index (χ3n) is 1.91. The molecule has 1 radical (unpaired) electrons. The second-order valence-electron chi connectivity index (χ2n) is 4.05. The van der Waals surface area contributed by atoms with E-state index in [2.05, 4.69) is 20.0 Å². The van der Waals surface area contributed by atoms with E-state index >= 15 is 0 Å². The van der Waals surface area contributed by atoms with E-state index in [9.17, 15) is 0 Å². The van der Waals surface area contributed by atoms with Gasteiger partial charge in [-0.1, -0.05) is 52.1 Å². The molecule has 67 valence electrons. The maximum absolute atomic E-state index is 7.75. The van der Waals surface area contributed by atoms with Gasteiger partial charge < -0.3 is 0 Å². The third kappa shape index (κ3) is 10.2. The summed E-state index contributed by atoms with van der Waals surface area (Å²) in [7, 11) is -1.47. The summed E-state index contributed by atoms with van der Waals surface area (Å²) in [6, 6.07) is 1.19. The molecule has 0 spiro atoms. The molecule has 0 rings (SSSR count). The van der Waals surface area contributed by atoms with Gasteiger partial charge in [0.25, 0.3) is 0 Å². The molecular formula is C9H22NSi. The summed E-state index contributed by atoms with van der Waals surface area (Å²) in [4.78, 5) is 0. The van der Waals surface area contributed by atoms with Crippen LogP contribution in [-0.4, -0.2) is 8.24 Å². The highest BCUT2D eigenvalue weighted by molar-refractivity contribution is 6.73. The van der Waals surface area contributed by atoms with Gasteiger partial charge in [-0.2, -0.15) is 0 Å². The van der Waals surface area contributed by atoms with Crippen LogP contribution in [0.4, 0.5) is 0 Å². The predicted octanol–water partition coefficient (Wildman–Crippen LogP) is 3.44. The zero-order valence-electron chi connectivity index (χ0n) is 8.24. The second kappa shape index (κ2) is 5.78. The fourth-order valence-electron chi connectivity index (χ4n) is 1.17. The first-order valence-corrected chi connectivity index (χ1v) is 8.02. The third-order valence-corrected chi connectivity index (χ3v) is 3.51. The lowest BCUT2D eigenvalue weighted by Crippen LogP contribution is -2.26. The molecule has 0 fully saturated rings. The quantitative estimate of drug-likeness (QED) is 0.433. The van der Waals surface area contributed by atoms with E-state index in [4.69, 9.17) is 5.40 Å². The van der Waals surface area contributed by atoms with Crippen LogP contribution in [0.3, 0.4) is 0 Å². The minimum atomic E-state index is -1.47. The van der Waals surface area contributed by atoms with Crippen molar-refractivity contribution < 1.29 is 0 Å². The Morgan fingerprint density at radius 3 is 2.00 bits per heavy atom. The minimum absolute atomic E-state index is 1.19. The molecule has 1 N–H and O–H groups in total. The van der Waals surface area contributed by atoms with Crippen LogP contribution in [0.5, 0.6) is 0 Å². The van der Waals surface area contributed by atoms with Gasteiger partial charge in [-0.15, -0.1) is 0 Å². The second-order valence-corrected chi connectivity index (χ2v) is 8.32. The van der Waals surface area contributed by atoms with Crippen LogP contribution in [-0.2, 0) is 0 Å². The molecule has 0 bridgehead atoms. The normalized spacial score (nSPS) is 12.0.